The summed E-state index contributed by atoms with van der Waals surface area (Å²) in [5.41, 5.74) is 4.95. The van der Waals surface area contributed by atoms with E-state index < -0.39 is 5.91 Å². The molecule has 0 saturated carbocycles. The van der Waals surface area contributed by atoms with Crippen molar-refractivity contribution in [3.05, 3.63) is 35.7 Å². The Bertz CT molecular complexity index is 350. The Kier molecular flexibility index (Phi) is 4.07. The molecule has 0 aliphatic carbocycles. The van der Waals surface area contributed by atoms with Crippen LogP contribution in [0.2, 0.25) is 0 Å². The van der Waals surface area contributed by atoms with Gasteiger partial charge in [-0.25, -0.2) is 0 Å². The number of carbonyl (C=O) groups is 1. The number of nitrogens with two attached hydrogens (primary N) is 1. The molecular weight excluding hydrogens is 198 g/mol. The molecule has 0 saturated heterocycles. The predicted molar refractivity (Wildman–Crippen MR) is 57.2 cm³/mol. The predicted octanol–water partition coefficient (Wildman–Crippen LogP) is 1.79. The van der Waals surface area contributed by atoms with Crippen molar-refractivity contribution in [1.82, 2.24) is 0 Å². The lowest BCUT2D eigenvalue weighted by Crippen LogP contribution is -2.04. The molecule has 1 aromatic rings. The van der Waals surface area contributed by atoms with Crippen molar-refractivity contribution in [3.8, 4) is 5.75 Å². The summed E-state index contributed by atoms with van der Waals surface area (Å²) in [4.78, 5) is 11.4. The van der Waals surface area contributed by atoms with E-state index in [9.17, 15) is 4.79 Å². The molecule has 0 aliphatic heterocycles. The Labute approximate surface area is 86.9 Å². The molecule has 0 bridgehead atoms. The van der Waals surface area contributed by atoms with Gasteiger partial charge < -0.3 is 10.5 Å². The second kappa shape index (κ2) is 5.34. The summed E-state index contributed by atoms with van der Waals surface area (Å²) in [6, 6.07) is 7.57. The van der Waals surface area contributed by atoms with E-state index >= 15 is 0 Å². The fourth-order valence-corrected chi connectivity index (χ4v) is 1.55. The van der Waals surface area contributed by atoms with Gasteiger partial charge in [0.2, 0.25) is 5.91 Å². The van der Waals surface area contributed by atoms with Crippen LogP contribution in [0.15, 0.2) is 40.6 Å². The molecule has 0 aliphatic rings. The van der Waals surface area contributed by atoms with Gasteiger partial charge in [0.05, 0.1) is 7.11 Å². The van der Waals surface area contributed by atoms with Gasteiger partial charge in [-0.15, -0.1) is 0 Å². The van der Waals surface area contributed by atoms with Gasteiger partial charge in [0, 0.05) is 11.0 Å². The van der Waals surface area contributed by atoms with Crippen LogP contribution in [0.3, 0.4) is 0 Å². The molecule has 1 rings (SSSR count). The number of benzene rings is 1. The third-order valence-electron chi connectivity index (χ3n) is 1.48. The minimum atomic E-state index is -0.444. The molecule has 0 aromatic heterocycles. The molecule has 1 aromatic carbocycles. The van der Waals surface area contributed by atoms with Crippen molar-refractivity contribution >= 4 is 17.7 Å². The van der Waals surface area contributed by atoms with Crippen LogP contribution in [0.4, 0.5) is 0 Å². The first-order valence-corrected chi connectivity index (χ1v) is 4.87. The van der Waals surface area contributed by atoms with Gasteiger partial charge in [-0.05, 0) is 23.6 Å². The maximum Gasteiger partial charge on any atom is 0.241 e. The molecule has 2 N–H and O–H groups in total. The molecule has 3 nitrogen and oxygen atoms in total. The van der Waals surface area contributed by atoms with Crippen molar-refractivity contribution in [1.29, 1.82) is 0 Å². The average molecular weight is 209 g/mol. The summed E-state index contributed by atoms with van der Waals surface area (Å²) >= 11 is 1.42. The molecule has 0 atom stereocenters. The molecular formula is C10H11NO2S. The number of thioether (sulfide) groups is 1. The summed E-state index contributed by atoms with van der Waals surface area (Å²) in [7, 11) is 1.61. The van der Waals surface area contributed by atoms with Gasteiger partial charge in [0.15, 0.2) is 0 Å². The van der Waals surface area contributed by atoms with Crippen molar-refractivity contribution in [2.24, 2.45) is 5.73 Å². The van der Waals surface area contributed by atoms with Crippen LogP contribution >= 0.6 is 11.8 Å². The number of rotatable bonds is 4. The van der Waals surface area contributed by atoms with Crippen LogP contribution in [0.5, 0.6) is 5.75 Å². The summed E-state index contributed by atoms with van der Waals surface area (Å²) < 4.78 is 5.05. The van der Waals surface area contributed by atoms with Gasteiger partial charge in [-0.1, -0.05) is 17.8 Å². The fraction of sp³-hybridized carbons (Fsp3) is 0.100. The topological polar surface area (TPSA) is 52.3 Å². The highest BCUT2D eigenvalue weighted by Crippen LogP contribution is 2.23. The van der Waals surface area contributed by atoms with Gasteiger partial charge in [-0.3, -0.25) is 4.79 Å². The zero-order valence-electron chi connectivity index (χ0n) is 7.77. The van der Waals surface area contributed by atoms with E-state index in [-0.39, 0.29) is 0 Å². The van der Waals surface area contributed by atoms with Gasteiger partial charge in [0.1, 0.15) is 5.75 Å². The number of carbonyl (C=O) groups excluding carboxylic acids is 1. The monoisotopic (exact) mass is 209 g/mol. The van der Waals surface area contributed by atoms with Gasteiger partial charge >= 0.3 is 0 Å². The molecule has 0 radical (unpaired) electrons. The number of ether oxygens (including phenoxy) is 1. The molecule has 1 amide bonds. The smallest absolute Gasteiger partial charge is 0.241 e. The SMILES string of the molecule is COc1cccc(SC=CC(N)=O)c1. The number of amides is 1. The highest BCUT2D eigenvalue weighted by molar-refractivity contribution is 8.02. The zero-order valence-corrected chi connectivity index (χ0v) is 8.58. The normalized spacial score (nSPS) is 10.4. The standard InChI is InChI=1S/C10H11NO2S/c1-13-8-3-2-4-9(7-8)14-6-5-10(11)12/h2-7H,1H3,(H2,11,12). The number of hydrogen-bond donors (Lipinski definition) is 1. The summed E-state index contributed by atoms with van der Waals surface area (Å²) in [6.07, 6.45) is 1.32. The fourth-order valence-electron chi connectivity index (χ4n) is 0.854. The number of hydrogen-bond acceptors (Lipinski definition) is 3. The number of methoxy groups -OCH3 is 1. The van der Waals surface area contributed by atoms with Crippen LogP contribution in [0.25, 0.3) is 0 Å². The third kappa shape index (κ3) is 3.53. The minimum Gasteiger partial charge on any atom is -0.497 e. The molecule has 74 valence electrons. The Morgan fingerprint density at radius 2 is 2.36 bits per heavy atom. The van der Waals surface area contributed by atoms with Crippen LogP contribution in [0.1, 0.15) is 0 Å². The lowest BCUT2D eigenvalue weighted by atomic mass is 10.3. The van der Waals surface area contributed by atoms with E-state index in [2.05, 4.69) is 0 Å². The van der Waals surface area contributed by atoms with E-state index in [1.54, 1.807) is 12.5 Å². The molecule has 0 unspecified atom stereocenters. The van der Waals surface area contributed by atoms with E-state index in [1.807, 2.05) is 24.3 Å². The molecule has 0 spiro atoms. The summed E-state index contributed by atoms with van der Waals surface area (Å²) in [5, 5.41) is 1.65. The Morgan fingerprint density at radius 1 is 1.57 bits per heavy atom. The first-order valence-electron chi connectivity index (χ1n) is 3.99. The Balaban J connectivity index is 2.63. The molecule has 14 heavy (non-hydrogen) atoms. The van der Waals surface area contributed by atoms with E-state index in [0.29, 0.717) is 0 Å². The first-order chi connectivity index (χ1) is 6.72. The summed E-state index contributed by atoms with van der Waals surface area (Å²) in [6.45, 7) is 0. The zero-order chi connectivity index (χ0) is 10.4. The second-order valence-corrected chi connectivity index (χ2v) is 3.48. The van der Waals surface area contributed by atoms with Gasteiger partial charge in [-0.2, -0.15) is 0 Å². The number of primary amides is 1. The lowest BCUT2D eigenvalue weighted by Gasteiger charge is -2.00. The maximum absolute atomic E-state index is 10.4. The van der Waals surface area contributed by atoms with Crippen LogP contribution in [-0.4, -0.2) is 13.0 Å². The van der Waals surface area contributed by atoms with Crippen LogP contribution in [0, 0.1) is 0 Å². The summed E-state index contributed by atoms with van der Waals surface area (Å²) in [5.74, 6) is 0.350. The molecule has 0 heterocycles. The average Bonchev–Trinajstić information content (AvgIpc) is 2.18. The van der Waals surface area contributed by atoms with Gasteiger partial charge in [0.25, 0.3) is 0 Å². The Hall–Kier alpha value is -1.42. The van der Waals surface area contributed by atoms with Crippen molar-refractivity contribution in [2.45, 2.75) is 4.90 Å². The highest BCUT2D eigenvalue weighted by Gasteiger charge is 1.93. The lowest BCUT2D eigenvalue weighted by molar-refractivity contribution is -0.113. The Morgan fingerprint density at radius 3 is 3.00 bits per heavy atom. The molecule has 0 fully saturated rings. The second-order valence-electron chi connectivity index (χ2n) is 2.50. The maximum atomic E-state index is 10.4. The van der Waals surface area contributed by atoms with Crippen molar-refractivity contribution in [3.63, 3.8) is 0 Å². The van der Waals surface area contributed by atoms with E-state index in [0.717, 1.165) is 10.6 Å². The van der Waals surface area contributed by atoms with Crippen LogP contribution < -0.4 is 10.5 Å². The minimum absolute atomic E-state index is 0.444. The largest absolute Gasteiger partial charge is 0.497 e. The van der Waals surface area contributed by atoms with Crippen molar-refractivity contribution < 1.29 is 9.53 Å². The highest BCUT2D eigenvalue weighted by atomic mass is 32.2. The van der Waals surface area contributed by atoms with Crippen LogP contribution in [-0.2, 0) is 4.79 Å². The first kappa shape index (κ1) is 10.7. The van der Waals surface area contributed by atoms with E-state index in [1.165, 1.54) is 17.8 Å². The van der Waals surface area contributed by atoms with E-state index in [4.69, 9.17) is 10.5 Å². The third-order valence-corrected chi connectivity index (χ3v) is 2.28. The molecule has 4 heteroatoms. The van der Waals surface area contributed by atoms with Crippen molar-refractivity contribution in [2.75, 3.05) is 7.11 Å². The quantitative estimate of drug-likeness (QED) is 0.607.